The van der Waals surface area contributed by atoms with Gasteiger partial charge < -0.3 is 4.74 Å². The number of pyridine rings is 1. The van der Waals surface area contributed by atoms with E-state index in [4.69, 9.17) is 0 Å². The molecule has 1 heterocycles. The number of hydrogen-bond acceptors (Lipinski definition) is 2. The summed E-state index contributed by atoms with van der Waals surface area (Å²) in [5, 5.41) is 0. The largest absolute Gasteiger partial charge is 0.418 e. The molecule has 94 valence electrons. The van der Waals surface area contributed by atoms with Gasteiger partial charge in [0.05, 0.1) is 5.69 Å². The molecule has 0 saturated heterocycles. The minimum Gasteiger partial charge on any atom is -0.418 e. The van der Waals surface area contributed by atoms with Crippen molar-refractivity contribution in [1.82, 2.24) is 4.57 Å². The Morgan fingerprint density at radius 3 is 2.33 bits per heavy atom. The van der Waals surface area contributed by atoms with E-state index in [1.165, 1.54) is 30.3 Å². The van der Waals surface area contributed by atoms with Crippen molar-refractivity contribution in [2.24, 2.45) is 0 Å². The summed E-state index contributed by atoms with van der Waals surface area (Å²) in [4.78, 5) is 11.7. The molecular formula is C12H8F3NO2. The first-order chi connectivity index (χ1) is 8.58. The Kier molecular flexibility index (Phi) is 3.36. The number of alkyl halides is 2. The van der Waals surface area contributed by atoms with Gasteiger partial charge in [-0.1, -0.05) is 6.07 Å². The van der Waals surface area contributed by atoms with Crippen molar-refractivity contribution >= 4 is 0 Å². The monoisotopic (exact) mass is 255 g/mol. The Morgan fingerprint density at radius 1 is 1.06 bits per heavy atom. The second-order valence-electron chi connectivity index (χ2n) is 3.39. The molecule has 0 aliphatic rings. The third kappa shape index (κ3) is 2.53. The number of nitrogens with zero attached hydrogens (tertiary/aromatic N) is 1. The van der Waals surface area contributed by atoms with Crippen molar-refractivity contribution in [3.05, 3.63) is 58.6 Å². The first-order valence-electron chi connectivity index (χ1n) is 5.01. The minimum absolute atomic E-state index is 0.248. The Bertz CT molecular complexity index is 593. The fraction of sp³-hybridized carbons (Fsp3) is 0.0833. The van der Waals surface area contributed by atoms with Crippen LogP contribution in [0.25, 0.3) is 5.69 Å². The number of hydrogen-bond donors (Lipinski definition) is 0. The van der Waals surface area contributed by atoms with Crippen LogP contribution in [-0.4, -0.2) is 11.2 Å². The number of benzene rings is 1. The van der Waals surface area contributed by atoms with Crippen LogP contribution in [0.1, 0.15) is 0 Å². The molecule has 3 nitrogen and oxygen atoms in total. The summed E-state index contributed by atoms with van der Waals surface area (Å²) in [6, 6.07) is 8.59. The maximum absolute atomic E-state index is 12.8. The molecule has 0 aliphatic heterocycles. The van der Waals surface area contributed by atoms with Crippen molar-refractivity contribution in [3.8, 4) is 11.6 Å². The lowest BCUT2D eigenvalue weighted by atomic mass is 10.3. The van der Waals surface area contributed by atoms with Crippen LogP contribution >= 0.6 is 0 Å². The number of aromatic nitrogens is 1. The molecule has 2 rings (SSSR count). The van der Waals surface area contributed by atoms with E-state index in [0.717, 1.165) is 16.7 Å². The van der Waals surface area contributed by atoms with E-state index in [-0.39, 0.29) is 11.6 Å². The average Bonchev–Trinajstić information content (AvgIpc) is 2.30. The van der Waals surface area contributed by atoms with E-state index >= 15 is 0 Å². The average molecular weight is 255 g/mol. The van der Waals surface area contributed by atoms with Crippen molar-refractivity contribution in [3.63, 3.8) is 0 Å². The molecule has 0 saturated carbocycles. The molecule has 18 heavy (non-hydrogen) atoms. The second kappa shape index (κ2) is 4.95. The van der Waals surface area contributed by atoms with Crippen LogP contribution in [0.2, 0.25) is 0 Å². The molecule has 0 spiro atoms. The highest BCUT2D eigenvalue weighted by molar-refractivity contribution is 5.36. The summed E-state index contributed by atoms with van der Waals surface area (Å²) in [6.07, 6.45) is 0. The van der Waals surface area contributed by atoms with Crippen molar-refractivity contribution in [2.45, 2.75) is 6.61 Å². The van der Waals surface area contributed by atoms with Gasteiger partial charge in [0.1, 0.15) is 5.82 Å². The highest BCUT2D eigenvalue weighted by Gasteiger charge is 2.11. The van der Waals surface area contributed by atoms with E-state index < -0.39 is 18.0 Å². The minimum atomic E-state index is -3.04. The lowest BCUT2D eigenvalue weighted by Gasteiger charge is -2.12. The third-order valence-corrected chi connectivity index (χ3v) is 2.21. The molecule has 6 heteroatoms. The molecule has 1 aromatic carbocycles. The van der Waals surface area contributed by atoms with Crippen LogP contribution in [0.3, 0.4) is 0 Å². The molecule has 0 radical (unpaired) electrons. The van der Waals surface area contributed by atoms with Crippen LogP contribution in [0.4, 0.5) is 13.2 Å². The maximum atomic E-state index is 12.8. The fourth-order valence-electron chi connectivity index (χ4n) is 1.50. The molecule has 0 N–H and O–H groups in total. The van der Waals surface area contributed by atoms with Crippen molar-refractivity contribution < 1.29 is 17.9 Å². The summed E-state index contributed by atoms with van der Waals surface area (Å²) < 4.78 is 42.4. The van der Waals surface area contributed by atoms with Gasteiger partial charge in [-0.3, -0.25) is 4.79 Å². The number of ether oxygens (including phenoxy) is 1. The van der Waals surface area contributed by atoms with Crippen molar-refractivity contribution in [2.75, 3.05) is 0 Å². The van der Waals surface area contributed by atoms with Gasteiger partial charge in [0.15, 0.2) is 0 Å². The van der Waals surface area contributed by atoms with Crippen LogP contribution in [-0.2, 0) is 0 Å². The molecular weight excluding hydrogens is 247 g/mol. The smallest absolute Gasteiger partial charge is 0.388 e. The highest BCUT2D eigenvalue weighted by atomic mass is 19.3. The standard InChI is InChI=1S/C12H8F3NO2/c13-8-4-6-9(7-5-8)16-10(17)2-1-3-11(16)18-12(14)15/h1-7,12H. The Balaban J connectivity index is 2.55. The van der Waals surface area contributed by atoms with Gasteiger partial charge in [0.2, 0.25) is 5.88 Å². The summed E-state index contributed by atoms with van der Waals surface area (Å²) in [7, 11) is 0. The molecule has 0 amide bonds. The third-order valence-electron chi connectivity index (χ3n) is 2.21. The maximum Gasteiger partial charge on any atom is 0.388 e. The molecule has 0 fully saturated rings. The zero-order chi connectivity index (χ0) is 13.1. The molecule has 0 aliphatic carbocycles. The molecule has 0 atom stereocenters. The lowest BCUT2D eigenvalue weighted by molar-refractivity contribution is -0.0544. The van der Waals surface area contributed by atoms with Gasteiger partial charge in [-0.05, 0) is 30.3 Å². The van der Waals surface area contributed by atoms with Gasteiger partial charge in [0, 0.05) is 6.07 Å². The van der Waals surface area contributed by atoms with Crippen LogP contribution < -0.4 is 10.3 Å². The van der Waals surface area contributed by atoms with E-state index in [1.54, 1.807) is 0 Å². The zero-order valence-electron chi connectivity index (χ0n) is 9.02. The summed E-state index contributed by atoms with van der Waals surface area (Å²) >= 11 is 0. The zero-order valence-corrected chi connectivity index (χ0v) is 9.02. The van der Waals surface area contributed by atoms with Crippen LogP contribution in [0.15, 0.2) is 47.3 Å². The normalized spacial score (nSPS) is 10.7. The van der Waals surface area contributed by atoms with E-state index in [1.807, 2.05) is 0 Å². The van der Waals surface area contributed by atoms with Crippen LogP contribution in [0.5, 0.6) is 5.88 Å². The predicted octanol–water partition coefficient (Wildman–Crippen LogP) is 2.58. The topological polar surface area (TPSA) is 31.2 Å². The fourth-order valence-corrected chi connectivity index (χ4v) is 1.50. The summed E-state index contributed by atoms with van der Waals surface area (Å²) in [5.41, 5.74) is -0.294. The van der Waals surface area contributed by atoms with E-state index in [2.05, 4.69) is 4.74 Å². The Labute approximate surface area is 100 Å². The summed E-state index contributed by atoms with van der Waals surface area (Å²) in [6.45, 7) is -3.04. The Hall–Kier alpha value is -2.24. The van der Waals surface area contributed by atoms with E-state index in [9.17, 15) is 18.0 Å². The quantitative estimate of drug-likeness (QED) is 0.844. The predicted molar refractivity (Wildman–Crippen MR) is 58.6 cm³/mol. The molecule has 1 aromatic heterocycles. The lowest BCUT2D eigenvalue weighted by Crippen LogP contribution is -2.20. The first kappa shape index (κ1) is 12.2. The molecule has 0 unspecified atom stereocenters. The highest BCUT2D eigenvalue weighted by Crippen LogP contribution is 2.17. The van der Waals surface area contributed by atoms with Gasteiger partial charge in [-0.15, -0.1) is 0 Å². The van der Waals surface area contributed by atoms with E-state index in [0.29, 0.717) is 0 Å². The number of rotatable bonds is 3. The van der Waals surface area contributed by atoms with Gasteiger partial charge in [-0.25, -0.2) is 8.96 Å². The van der Waals surface area contributed by atoms with Gasteiger partial charge >= 0.3 is 6.61 Å². The van der Waals surface area contributed by atoms with Crippen molar-refractivity contribution in [1.29, 1.82) is 0 Å². The first-order valence-corrected chi connectivity index (χ1v) is 5.01. The summed E-state index contributed by atoms with van der Waals surface area (Å²) in [5.74, 6) is -0.789. The SMILES string of the molecule is O=c1cccc(OC(F)F)n1-c1ccc(F)cc1. The molecule has 2 aromatic rings. The second-order valence-corrected chi connectivity index (χ2v) is 3.39. The van der Waals surface area contributed by atoms with Gasteiger partial charge in [-0.2, -0.15) is 8.78 Å². The number of halogens is 3. The molecule has 0 bridgehead atoms. The van der Waals surface area contributed by atoms with Crippen LogP contribution in [0, 0.1) is 5.82 Å². The Morgan fingerprint density at radius 2 is 1.72 bits per heavy atom. The van der Waals surface area contributed by atoms with Gasteiger partial charge in [0.25, 0.3) is 5.56 Å².